The number of unbranched alkanes of at least 4 members (excludes halogenated alkanes) is 24. The molecule has 23 nitrogen and oxygen atoms in total. The quantitative estimate of drug-likeness (QED) is 0.0291. The van der Waals surface area contributed by atoms with E-state index >= 15 is 0 Å². The van der Waals surface area contributed by atoms with Gasteiger partial charge < -0.3 is 100 Å². The van der Waals surface area contributed by atoms with Gasteiger partial charge in [0.15, 0.2) is 12.6 Å². The summed E-state index contributed by atoms with van der Waals surface area (Å²) in [7, 11) is 0. The number of aliphatic hydroxyl groups is 11. The van der Waals surface area contributed by atoms with Crippen molar-refractivity contribution >= 4 is 17.8 Å². The second-order valence-electron chi connectivity index (χ2n) is 24.0. The number of hydrogen-bond donors (Lipinski definition) is 14. The van der Waals surface area contributed by atoms with Crippen LogP contribution in [0.25, 0.3) is 0 Å². The molecule has 18 atom stereocenters. The second kappa shape index (κ2) is 45.3. The van der Waals surface area contributed by atoms with Gasteiger partial charge >= 0.3 is 5.97 Å². The van der Waals surface area contributed by atoms with Crippen molar-refractivity contribution in [2.75, 3.05) is 26.4 Å². The number of aliphatic hydroxyl groups excluding tert-OH is 11. The van der Waals surface area contributed by atoms with Gasteiger partial charge in [-0.25, -0.2) is 4.79 Å². The highest BCUT2D eigenvalue weighted by Gasteiger charge is 2.60. The minimum atomic E-state index is -3.08. The molecule has 506 valence electrons. The Morgan fingerprint density at radius 1 is 0.609 bits per heavy atom. The van der Waals surface area contributed by atoms with Gasteiger partial charge in [-0.05, 0) is 51.4 Å². The molecule has 3 heterocycles. The molecule has 2 amide bonds. The fourth-order valence-corrected chi connectivity index (χ4v) is 11.3. The molecule has 0 aliphatic carbocycles. The first-order valence-electron chi connectivity index (χ1n) is 32.9. The van der Waals surface area contributed by atoms with E-state index in [-0.39, 0.29) is 12.3 Å². The lowest BCUT2D eigenvalue weighted by molar-refractivity contribution is -0.386. The molecule has 23 heteroatoms. The number of carbonyl (C=O) groups excluding carboxylic acids is 2. The van der Waals surface area contributed by atoms with E-state index in [0.717, 1.165) is 90.4 Å². The third kappa shape index (κ3) is 28.6. The molecule has 3 aliphatic heterocycles. The number of allylic oxidation sites excluding steroid dienone is 5. The summed E-state index contributed by atoms with van der Waals surface area (Å²) >= 11 is 0. The van der Waals surface area contributed by atoms with Crippen molar-refractivity contribution in [2.45, 2.75) is 323 Å². The molecule has 0 aromatic rings. The fraction of sp³-hybridized carbons (Fsp3) is 0.859. The van der Waals surface area contributed by atoms with Crippen molar-refractivity contribution < 1.29 is 104 Å². The van der Waals surface area contributed by atoms with Gasteiger partial charge in [-0.1, -0.05) is 179 Å². The molecule has 87 heavy (non-hydrogen) atoms. The van der Waals surface area contributed by atoms with Crippen LogP contribution in [0.3, 0.4) is 0 Å². The molecule has 3 aliphatic rings. The number of carboxylic acids is 1. The van der Waals surface area contributed by atoms with E-state index in [0.29, 0.717) is 12.8 Å². The lowest BCUT2D eigenvalue weighted by Gasteiger charge is -2.50. The van der Waals surface area contributed by atoms with E-state index in [1.165, 1.54) is 83.5 Å². The predicted octanol–water partition coefficient (Wildman–Crippen LogP) is 4.67. The van der Waals surface area contributed by atoms with Gasteiger partial charge in [-0.2, -0.15) is 0 Å². The summed E-state index contributed by atoms with van der Waals surface area (Å²) in [5.74, 6) is -6.16. The van der Waals surface area contributed by atoms with Crippen LogP contribution >= 0.6 is 0 Å². The smallest absolute Gasteiger partial charge is 0.364 e. The summed E-state index contributed by atoms with van der Waals surface area (Å²) in [4.78, 5) is 38.4. The zero-order chi connectivity index (χ0) is 64.0. The highest BCUT2D eigenvalue weighted by molar-refractivity contribution is 5.77. The first kappa shape index (κ1) is 78.2. The van der Waals surface area contributed by atoms with Crippen molar-refractivity contribution in [3.8, 4) is 0 Å². The summed E-state index contributed by atoms with van der Waals surface area (Å²) in [5.41, 5.74) is 0. The van der Waals surface area contributed by atoms with E-state index in [1.54, 1.807) is 6.08 Å². The summed E-state index contributed by atoms with van der Waals surface area (Å²) < 4.78 is 34.7. The Balaban J connectivity index is 1.58. The Bertz CT molecular complexity index is 1920. The van der Waals surface area contributed by atoms with E-state index < -0.39 is 155 Å². The number of nitrogens with one attached hydrogen (secondary N) is 2. The van der Waals surface area contributed by atoms with Crippen LogP contribution in [0.1, 0.15) is 213 Å². The van der Waals surface area contributed by atoms with Gasteiger partial charge in [0.05, 0.1) is 50.7 Å². The normalized spacial score (nSPS) is 29.4. The van der Waals surface area contributed by atoms with Crippen LogP contribution < -0.4 is 10.6 Å². The summed E-state index contributed by atoms with van der Waals surface area (Å²) in [6, 6.07) is -2.62. The number of hydrogen-bond acceptors (Lipinski definition) is 20. The fourth-order valence-electron chi connectivity index (χ4n) is 11.3. The van der Waals surface area contributed by atoms with E-state index in [4.69, 9.17) is 28.4 Å². The molecule has 14 N–H and O–H groups in total. The maximum Gasteiger partial charge on any atom is 0.364 e. The van der Waals surface area contributed by atoms with Crippen LogP contribution in [0.5, 0.6) is 0 Å². The van der Waals surface area contributed by atoms with Crippen LogP contribution in [0.2, 0.25) is 0 Å². The highest BCUT2D eigenvalue weighted by Crippen LogP contribution is 2.38. The van der Waals surface area contributed by atoms with Crippen LogP contribution in [0, 0.1) is 0 Å². The number of ether oxygens (including phenoxy) is 6. The summed E-state index contributed by atoms with van der Waals surface area (Å²) in [5, 5.41) is 135. The average Bonchev–Trinajstić information content (AvgIpc) is 2.44. The third-order valence-corrected chi connectivity index (χ3v) is 16.6. The first-order valence-corrected chi connectivity index (χ1v) is 32.9. The Labute approximate surface area is 516 Å². The van der Waals surface area contributed by atoms with Crippen LogP contribution in [0.15, 0.2) is 36.5 Å². The SMILES string of the molecule is CCCCCCCCCC/C=C/C(O)C(COC1OC(CO)C(OC2OC(CO)C(O)C(OC3(C(=O)O)CC(O)C(NC(C)=O)C(C(O)C(O)CO)O3)C2O)C(O)C1O)NC(=O)CCCCCCCCC/C=C\C/C=C\CCCCCCCCCCC. The zero-order valence-corrected chi connectivity index (χ0v) is 52.4. The second-order valence-corrected chi connectivity index (χ2v) is 24.0. The monoisotopic (exact) mass is 1250 g/mol. The minimum Gasteiger partial charge on any atom is -0.477 e. The van der Waals surface area contributed by atoms with Gasteiger partial charge in [0.25, 0.3) is 5.79 Å². The molecule has 0 bridgehead atoms. The predicted molar refractivity (Wildman–Crippen MR) is 324 cm³/mol. The molecular formula is C64H114N2O21. The largest absolute Gasteiger partial charge is 0.477 e. The van der Waals surface area contributed by atoms with E-state index in [2.05, 4.69) is 48.8 Å². The lowest BCUT2D eigenvalue weighted by atomic mass is 9.88. The molecule has 0 saturated carbocycles. The van der Waals surface area contributed by atoms with Crippen molar-refractivity contribution in [2.24, 2.45) is 0 Å². The zero-order valence-electron chi connectivity index (χ0n) is 52.4. The molecular weight excluding hydrogens is 1130 g/mol. The van der Waals surface area contributed by atoms with E-state index in [1.807, 2.05) is 6.08 Å². The van der Waals surface area contributed by atoms with Crippen LogP contribution in [-0.4, -0.2) is 215 Å². The molecule has 3 saturated heterocycles. The Morgan fingerprint density at radius 2 is 1.11 bits per heavy atom. The molecule has 3 fully saturated rings. The first-order chi connectivity index (χ1) is 41.9. The maximum atomic E-state index is 13.4. The van der Waals surface area contributed by atoms with Gasteiger partial charge in [0.2, 0.25) is 11.8 Å². The molecule has 0 radical (unpaired) electrons. The summed E-state index contributed by atoms with van der Waals surface area (Å²) in [6.45, 7) is 2.07. The van der Waals surface area contributed by atoms with Crippen molar-refractivity contribution in [1.82, 2.24) is 10.6 Å². The number of rotatable bonds is 48. The number of carboxylic acid groups (broad SMARTS) is 1. The number of aliphatic carboxylic acids is 1. The number of carbonyl (C=O) groups is 3. The molecule has 0 aromatic heterocycles. The van der Waals surface area contributed by atoms with Gasteiger partial charge in [-0.3, -0.25) is 9.59 Å². The average molecular weight is 1250 g/mol. The Kier molecular flexibility index (Phi) is 40.7. The lowest BCUT2D eigenvalue weighted by Crippen LogP contribution is -2.70. The van der Waals surface area contributed by atoms with E-state index in [9.17, 15) is 75.7 Å². The van der Waals surface area contributed by atoms with Crippen molar-refractivity contribution in [3.05, 3.63) is 36.5 Å². The maximum absolute atomic E-state index is 13.4. The van der Waals surface area contributed by atoms with Crippen molar-refractivity contribution in [3.63, 3.8) is 0 Å². The highest BCUT2D eigenvalue weighted by atomic mass is 16.8. The topological polar surface area (TPSA) is 373 Å². The van der Waals surface area contributed by atoms with Gasteiger partial charge in [0.1, 0.15) is 67.1 Å². The molecule has 0 spiro atoms. The number of amides is 2. The molecule has 0 aromatic carbocycles. The van der Waals surface area contributed by atoms with Gasteiger partial charge in [-0.15, -0.1) is 0 Å². The third-order valence-electron chi connectivity index (χ3n) is 16.6. The van der Waals surface area contributed by atoms with Crippen LogP contribution in [0.4, 0.5) is 0 Å². The minimum absolute atomic E-state index is 0.190. The Hall–Kier alpha value is -3.05. The van der Waals surface area contributed by atoms with Crippen molar-refractivity contribution in [1.29, 1.82) is 0 Å². The Morgan fingerprint density at radius 3 is 1.62 bits per heavy atom. The standard InChI is InChI=1S/C64H114N2O21/c1-4-6-8-10-12-14-16-17-18-19-20-21-22-23-24-25-26-27-28-30-32-34-36-38-51(74)66-45(46(71)37-35-33-31-29-15-13-11-9-7-5-2)43-82-61-56(78)55(77)58(50(42-69)84-61)85-62-57(79)60(54(76)49(41-68)83-62)87-64(63(80)81)39-47(72)52(65-44(3)70)59(86-64)53(75)48(73)40-67/h20-21,23-24,35,37,45-50,52-62,67-69,71-73,75-79H,4-19,22,25-34,36,38-43H2,1-3H3,(H,65,70)(H,66,74)(H,80,81)/b21-20-,24-23-,37-35+. The molecule has 3 rings (SSSR count). The summed E-state index contributed by atoms with van der Waals surface area (Å²) in [6.07, 6.45) is 15.1. The molecule has 18 unspecified atom stereocenters. The van der Waals surface area contributed by atoms with Crippen LogP contribution in [-0.2, 0) is 42.8 Å². The van der Waals surface area contributed by atoms with Gasteiger partial charge in [0, 0.05) is 19.8 Å².